The van der Waals surface area contributed by atoms with Crippen LogP contribution in [-0.4, -0.2) is 48.0 Å². The van der Waals surface area contributed by atoms with Crippen LogP contribution in [0, 0.1) is 0 Å². The molecule has 1 aromatic heterocycles. The molecule has 1 fully saturated rings. The van der Waals surface area contributed by atoms with E-state index < -0.39 is 0 Å². The number of carbonyl (C=O) groups excluding carboxylic acids is 1. The largest absolute Gasteiger partial charge is 0.484 e. The van der Waals surface area contributed by atoms with Crippen LogP contribution >= 0.6 is 11.8 Å². The van der Waals surface area contributed by atoms with Crippen molar-refractivity contribution in [3.63, 3.8) is 0 Å². The standard InChI is InChI=1S/C19H24N2O4S/c1-3-21(12-14-7-6-10-23-14)19(22)16-11-15(25-20-16)13-24-17-8-4-5-9-18(17)26-2/h4-5,8-9,11,14H,3,6-7,10,12-13H2,1-2H3/t14-/m0/s1. The van der Waals surface area contributed by atoms with Gasteiger partial charge in [-0.1, -0.05) is 17.3 Å². The number of para-hydroxylation sites is 1. The van der Waals surface area contributed by atoms with Crippen LogP contribution in [0.5, 0.6) is 5.75 Å². The van der Waals surface area contributed by atoms with E-state index in [1.54, 1.807) is 22.7 Å². The lowest BCUT2D eigenvalue weighted by atomic mass is 10.2. The molecular weight excluding hydrogens is 352 g/mol. The van der Waals surface area contributed by atoms with Gasteiger partial charge in [0, 0.05) is 30.7 Å². The van der Waals surface area contributed by atoms with Gasteiger partial charge >= 0.3 is 0 Å². The van der Waals surface area contributed by atoms with Gasteiger partial charge in [-0.05, 0) is 38.2 Å². The fraction of sp³-hybridized carbons (Fsp3) is 0.474. The first-order valence-corrected chi connectivity index (χ1v) is 10.1. The molecule has 0 unspecified atom stereocenters. The summed E-state index contributed by atoms with van der Waals surface area (Å²) in [7, 11) is 0. The first kappa shape index (κ1) is 18.8. The SMILES string of the molecule is CCN(C[C@@H]1CCCO1)C(=O)c1cc(COc2ccccc2SC)on1. The van der Waals surface area contributed by atoms with Crippen molar-refractivity contribution >= 4 is 17.7 Å². The Morgan fingerprint density at radius 2 is 2.27 bits per heavy atom. The van der Waals surface area contributed by atoms with Crippen molar-refractivity contribution in [3.8, 4) is 5.75 Å². The van der Waals surface area contributed by atoms with Gasteiger partial charge in [-0.3, -0.25) is 4.79 Å². The molecule has 2 heterocycles. The fourth-order valence-electron chi connectivity index (χ4n) is 2.92. The number of benzene rings is 1. The predicted octanol–water partition coefficient (Wildman–Crippen LogP) is 3.62. The zero-order chi connectivity index (χ0) is 18.4. The highest BCUT2D eigenvalue weighted by molar-refractivity contribution is 7.98. The van der Waals surface area contributed by atoms with Crippen molar-refractivity contribution in [2.75, 3.05) is 26.0 Å². The number of hydrogen-bond donors (Lipinski definition) is 0. The van der Waals surface area contributed by atoms with Crippen molar-refractivity contribution < 1.29 is 18.8 Å². The molecule has 0 radical (unpaired) electrons. The molecule has 0 aliphatic carbocycles. The Hall–Kier alpha value is -1.99. The lowest BCUT2D eigenvalue weighted by molar-refractivity contribution is 0.0531. The van der Waals surface area contributed by atoms with Crippen LogP contribution in [0.1, 0.15) is 36.0 Å². The molecule has 140 valence electrons. The van der Waals surface area contributed by atoms with E-state index in [0.29, 0.717) is 24.5 Å². The number of thioether (sulfide) groups is 1. The Labute approximate surface area is 157 Å². The van der Waals surface area contributed by atoms with Crippen LogP contribution in [0.25, 0.3) is 0 Å². The van der Waals surface area contributed by atoms with Gasteiger partial charge in [0.25, 0.3) is 5.91 Å². The summed E-state index contributed by atoms with van der Waals surface area (Å²) in [4.78, 5) is 15.5. The van der Waals surface area contributed by atoms with Gasteiger partial charge in [-0.15, -0.1) is 11.8 Å². The maximum absolute atomic E-state index is 12.7. The van der Waals surface area contributed by atoms with Gasteiger partial charge in [0.15, 0.2) is 11.5 Å². The number of hydrogen-bond acceptors (Lipinski definition) is 6. The molecule has 0 saturated carbocycles. The Morgan fingerprint density at radius 3 is 3.00 bits per heavy atom. The van der Waals surface area contributed by atoms with Crippen LogP contribution in [0.4, 0.5) is 0 Å². The Balaban J connectivity index is 1.60. The van der Waals surface area contributed by atoms with Crippen molar-refractivity contribution in [3.05, 3.63) is 41.8 Å². The minimum absolute atomic E-state index is 0.122. The summed E-state index contributed by atoms with van der Waals surface area (Å²) >= 11 is 1.62. The van der Waals surface area contributed by atoms with Crippen molar-refractivity contribution in [2.45, 2.75) is 37.4 Å². The summed E-state index contributed by atoms with van der Waals surface area (Å²) in [6.45, 7) is 4.17. The van der Waals surface area contributed by atoms with E-state index in [1.807, 2.05) is 37.4 Å². The molecule has 2 aromatic rings. The Bertz CT molecular complexity index is 728. The minimum atomic E-state index is -0.137. The maximum atomic E-state index is 12.7. The topological polar surface area (TPSA) is 64.8 Å². The second kappa shape index (κ2) is 9.09. The summed E-state index contributed by atoms with van der Waals surface area (Å²) in [5.74, 6) is 1.18. The zero-order valence-corrected chi connectivity index (χ0v) is 16.0. The highest BCUT2D eigenvalue weighted by Crippen LogP contribution is 2.27. The van der Waals surface area contributed by atoms with E-state index in [2.05, 4.69) is 5.16 Å². The lowest BCUT2D eigenvalue weighted by Crippen LogP contribution is -2.37. The van der Waals surface area contributed by atoms with Crippen LogP contribution < -0.4 is 4.74 Å². The van der Waals surface area contributed by atoms with Crippen LogP contribution in [0.15, 0.2) is 39.8 Å². The van der Waals surface area contributed by atoms with Crippen molar-refractivity contribution in [1.82, 2.24) is 10.1 Å². The molecule has 7 heteroatoms. The highest BCUT2D eigenvalue weighted by atomic mass is 32.2. The third-order valence-electron chi connectivity index (χ3n) is 4.33. The highest BCUT2D eigenvalue weighted by Gasteiger charge is 2.24. The maximum Gasteiger partial charge on any atom is 0.276 e. The number of likely N-dealkylation sites (N-methyl/N-ethyl adjacent to an activating group) is 1. The van der Waals surface area contributed by atoms with Gasteiger partial charge in [0.05, 0.1) is 6.10 Å². The molecule has 1 aromatic carbocycles. The van der Waals surface area contributed by atoms with Gasteiger partial charge in [-0.2, -0.15) is 0 Å². The molecule has 0 bridgehead atoms. The molecular formula is C19H24N2O4S. The number of carbonyl (C=O) groups is 1. The molecule has 3 rings (SSSR count). The third-order valence-corrected chi connectivity index (χ3v) is 5.11. The van der Waals surface area contributed by atoms with Crippen LogP contribution in [-0.2, 0) is 11.3 Å². The summed E-state index contributed by atoms with van der Waals surface area (Å²) in [6, 6.07) is 9.46. The van der Waals surface area contributed by atoms with Gasteiger partial charge in [0.1, 0.15) is 12.4 Å². The quantitative estimate of drug-likeness (QED) is 0.656. The summed E-state index contributed by atoms with van der Waals surface area (Å²) in [5.41, 5.74) is 0.307. The fourth-order valence-corrected chi connectivity index (χ4v) is 3.46. The molecule has 6 nitrogen and oxygen atoms in total. The lowest BCUT2D eigenvalue weighted by Gasteiger charge is -2.22. The zero-order valence-electron chi connectivity index (χ0n) is 15.1. The molecule has 1 aliphatic heterocycles. The molecule has 1 atom stereocenters. The summed E-state index contributed by atoms with van der Waals surface area (Å²) in [5, 5.41) is 3.92. The Morgan fingerprint density at radius 1 is 1.42 bits per heavy atom. The van der Waals surface area contributed by atoms with E-state index in [0.717, 1.165) is 30.1 Å². The summed E-state index contributed by atoms with van der Waals surface area (Å²) in [6.07, 6.45) is 4.17. The van der Waals surface area contributed by atoms with Crippen molar-refractivity contribution in [2.24, 2.45) is 0 Å². The second-order valence-electron chi connectivity index (χ2n) is 6.10. The smallest absolute Gasteiger partial charge is 0.276 e. The average molecular weight is 376 g/mol. The van der Waals surface area contributed by atoms with E-state index in [9.17, 15) is 4.79 Å². The van der Waals surface area contributed by atoms with Gasteiger partial charge < -0.3 is 18.9 Å². The Kier molecular flexibility index (Phi) is 6.57. The van der Waals surface area contributed by atoms with E-state index >= 15 is 0 Å². The molecule has 0 N–H and O–H groups in total. The molecule has 26 heavy (non-hydrogen) atoms. The summed E-state index contributed by atoms with van der Waals surface area (Å²) < 4.78 is 16.7. The van der Waals surface area contributed by atoms with E-state index in [-0.39, 0.29) is 18.6 Å². The van der Waals surface area contributed by atoms with Crippen LogP contribution in [0.3, 0.4) is 0 Å². The van der Waals surface area contributed by atoms with Gasteiger partial charge in [0.2, 0.25) is 0 Å². The number of rotatable bonds is 8. The van der Waals surface area contributed by atoms with E-state index in [1.165, 1.54) is 0 Å². The number of amides is 1. The molecule has 1 saturated heterocycles. The predicted molar refractivity (Wildman–Crippen MR) is 99.6 cm³/mol. The second-order valence-corrected chi connectivity index (χ2v) is 6.94. The number of ether oxygens (including phenoxy) is 2. The monoisotopic (exact) mass is 376 g/mol. The molecule has 1 amide bonds. The van der Waals surface area contributed by atoms with Crippen molar-refractivity contribution in [1.29, 1.82) is 0 Å². The third kappa shape index (κ3) is 4.59. The molecule has 0 spiro atoms. The van der Waals surface area contributed by atoms with Crippen LogP contribution in [0.2, 0.25) is 0 Å². The number of nitrogens with zero attached hydrogens (tertiary/aromatic N) is 2. The first-order chi connectivity index (χ1) is 12.7. The molecule has 1 aliphatic rings. The average Bonchev–Trinajstić information content (AvgIpc) is 3.36. The normalized spacial score (nSPS) is 16.6. The van der Waals surface area contributed by atoms with Gasteiger partial charge in [-0.25, -0.2) is 0 Å². The number of aromatic nitrogens is 1. The first-order valence-electron chi connectivity index (χ1n) is 8.83. The van der Waals surface area contributed by atoms with E-state index in [4.69, 9.17) is 14.0 Å². The minimum Gasteiger partial charge on any atom is -0.484 e.